The number of aliphatic hydroxyl groups is 1. The van der Waals surface area contributed by atoms with E-state index < -0.39 is 0 Å². The van der Waals surface area contributed by atoms with E-state index in [1.54, 1.807) is 30.3 Å². The van der Waals surface area contributed by atoms with Gasteiger partial charge < -0.3 is 9.84 Å². The maximum absolute atomic E-state index is 13.4. The minimum Gasteiger partial charge on any atom is -0.473 e. The molecule has 0 bridgehead atoms. The first kappa shape index (κ1) is 12.5. The van der Waals surface area contributed by atoms with E-state index in [-0.39, 0.29) is 19.0 Å². The third kappa shape index (κ3) is 3.05. The average molecular weight is 247 g/mol. The van der Waals surface area contributed by atoms with Crippen molar-refractivity contribution in [3.63, 3.8) is 0 Å². The maximum atomic E-state index is 13.4. The van der Waals surface area contributed by atoms with Gasteiger partial charge in [-0.15, -0.1) is 0 Å². The van der Waals surface area contributed by atoms with E-state index in [2.05, 4.69) is 4.98 Å². The molecule has 0 unspecified atom stereocenters. The van der Waals surface area contributed by atoms with E-state index in [0.29, 0.717) is 11.4 Å². The monoisotopic (exact) mass is 247 g/mol. The van der Waals surface area contributed by atoms with E-state index in [1.165, 1.54) is 6.07 Å². The smallest absolute Gasteiger partial charge is 0.214 e. The molecule has 0 radical (unpaired) electrons. The number of benzene rings is 1. The lowest BCUT2D eigenvalue weighted by Gasteiger charge is -2.08. The fourth-order valence-electron chi connectivity index (χ4n) is 1.64. The number of nitrogens with zero attached hydrogens (tertiary/aromatic N) is 1. The van der Waals surface area contributed by atoms with Crippen molar-refractivity contribution in [1.82, 2.24) is 4.98 Å². The van der Waals surface area contributed by atoms with Gasteiger partial charge >= 0.3 is 0 Å². The molecule has 0 spiro atoms. The minimum absolute atomic E-state index is 0.0700. The zero-order chi connectivity index (χ0) is 13.0. The number of hydrogen-bond donors (Lipinski definition) is 1. The second-order valence-electron chi connectivity index (χ2n) is 3.99. The van der Waals surface area contributed by atoms with Crippen molar-refractivity contribution in [2.24, 2.45) is 0 Å². The number of halogens is 1. The Bertz CT molecular complexity index is 543. The molecular weight excluding hydrogens is 233 g/mol. The minimum atomic E-state index is -0.299. The summed E-state index contributed by atoms with van der Waals surface area (Å²) in [5.41, 5.74) is 1.96. The van der Waals surface area contributed by atoms with Crippen molar-refractivity contribution in [2.75, 3.05) is 0 Å². The second kappa shape index (κ2) is 5.60. The number of aryl methyl sites for hydroxylation is 1. The van der Waals surface area contributed by atoms with Crippen LogP contribution in [0.2, 0.25) is 0 Å². The third-order valence-electron chi connectivity index (χ3n) is 2.51. The Hall–Kier alpha value is -1.94. The van der Waals surface area contributed by atoms with Crippen LogP contribution in [0.5, 0.6) is 5.88 Å². The highest BCUT2D eigenvalue weighted by Gasteiger charge is 2.04. The van der Waals surface area contributed by atoms with Crippen LogP contribution < -0.4 is 4.74 Å². The molecule has 3 nitrogen and oxygen atoms in total. The van der Waals surface area contributed by atoms with Gasteiger partial charge in [0.05, 0.1) is 6.61 Å². The molecule has 1 N–H and O–H groups in total. The van der Waals surface area contributed by atoms with Gasteiger partial charge in [-0.25, -0.2) is 9.37 Å². The van der Waals surface area contributed by atoms with Gasteiger partial charge in [0.15, 0.2) is 0 Å². The molecule has 0 aliphatic rings. The lowest BCUT2D eigenvalue weighted by atomic mass is 10.2. The van der Waals surface area contributed by atoms with Crippen LogP contribution in [0.3, 0.4) is 0 Å². The Morgan fingerprint density at radius 3 is 2.78 bits per heavy atom. The highest BCUT2D eigenvalue weighted by atomic mass is 19.1. The fourth-order valence-corrected chi connectivity index (χ4v) is 1.64. The summed E-state index contributed by atoms with van der Waals surface area (Å²) in [6.45, 7) is 1.86. The number of aromatic nitrogens is 1. The normalized spacial score (nSPS) is 10.4. The van der Waals surface area contributed by atoms with Crippen molar-refractivity contribution >= 4 is 0 Å². The number of aliphatic hydroxyl groups excluding tert-OH is 1. The largest absolute Gasteiger partial charge is 0.473 e. The zero-order valence-electron chi connectivity index (χ0n) is 10.1. The summed E-state index contributed by atoms with van der Waals surface area (Å²) in [4.78, 5) is 4.17. The van der Waals surface area contributed by atoms with Crippen LogP contribution in [0.25, 0.3) is 0 Å². The maximum Gasteiger partial charge on any atom is 0.214 e. The molecule has 0 fully saturated rings. The molecule has 0 aliphatic carbocycles. The molecule has 1 aromatic heterocycles. The van der Waals surface area contributed by atoms with Gasteiger partial charge in [-0.05, 0) is 24.6 Å². The summed E-state index contributed by atoms with van der Waals surface area (Å²) < 4.78 is 18.8. The topological polar surface area (TPSA) is 42.4 Å². The molecular formula is C14H14FNO2. The summed E-state index contributed by atoms with van der Waals surface area (Å²) in [5, 5.41) is 9.07. The van der Waals surface area contributed by atoms with E-state index in [0.717, 1.165) is 11.3 Å². The highest BCUT2D eigenvalue weighted by molar-refractivity contribution is 5.24. The van der Waals surface area contributed by atoms with Crippen LogP contribution in [-0.2, 0) is 13.2 Å². The molecule has 1 heterocycles. The molecule has 0 atom stereocenters. The third-order valence-corrected chi connectivity index (χ3v) is 2.51. The van der Waals surface area contributed by atoms with Crippen molar-refractivity contribution in [3.05, 3.63) is 59.0 Å². The second-order valence-corrected chi connectivity index (χ2v) is 3.99. The van der Waals surface area contributed by atoms with Crippen molar-refractivity contribution in [1.29, 1.82) is 0 Å². The van der Waals surface area contributed by atoms with Crippen LogP contribution in [0.15, 0.2) is 36.4 Å². The molecule has 94 valence electrons. The molecule has 18 heavy (non-hydrogen) atoms. The van der Waals surface area contributed by atoms with Gasteiger partial charge in [-0.1, -0.05) is 18.2 Å². The van der Waals surface area contributed by atoms with Crippen molar-refractivity contribution in [3.8, 4) is 5.88 Å². The fraction of sp³-hybridized carbons (Fsp3) is 0.214. The van der Waals surface area contributed by atoms with Gasteiger partial charge in [0, 0.05) is 17.3 Å². The predicted molar refractivity (Wildman–Crippen MR) is 65.6 cm³/mol. The summed E-state index contributed by atoms with van der Waals surface area (Å²) in [6, 6.07) is 9.86. The first-order valence-electron chi connectivity index (χ1n) is 5.63. The van der Waals surface area contributed by atoms with Gasteiger partial charge in [-0.2, -0.15) is 0 Å². The molecule has 0 aliphatic heterocycles. The standard InChI is InChI=1S/C14H14FNO2/c1-10-6-11(8-17)7-14(16-10)18-9-12-4-2-3-5-13(12)15/h2-7,17H,8-9H2,1H3. The van der Waals surface area contributed by atoms with Crippen molar-refractivity contribution < 1.29 is 14.2 Å². The van der Waals surface area contributed by atoms with Gasteiger partial charge in [0.1, 0.15) is 12.4 Å². The Labute approximate surface area is 105 Å². The first-order chi connectivity index (χ1) is 8.69. The number of rotatable bonds is 4. The van der Waals surface area contributed by atoms with Crippen LogP contribution >= 0.6 is 0 Å². The van der Waals surface area contributed by atoms with Crippen LogP contribution in [0.1, 0.15) is 16.8 Å². The molecule has 0 amide bonds. The van der Waals surface area contributed by atoms with Gasteiger partial charge in [0.2, 0.25) is 5.88 Å². The Balaban J connectivity index is 2.11. The first-order valence-corrected chi connectivity index (χ1v) is 5.63. The lowest BCUT2D eigenvalue weighted by molar-refractivity contribution is 0.272. The summed E-state index contributed by atoms with van der Waals surface area (Å²) in [6.07, 6.45) is 0. The quantitative estimate of drug-likeness (QED) is 0.903. The van der Waals surface area contributed by atoms with Gasteiger partial charge in [0.25, 0.3) is 0 Å². The van der Waals surface area contributed by atoms with Gasteiger partial charge in [-0.3, -0.25) is 0 Å². The number of hydrogen-bond acceptors (Lipinski definition) is 3. The summed E-state index contributed by atoms with van der Waals surface area (Å²) in [5.74, 6) is 0.0924. The average Bonchev–Trinajstić information content (AvgIpc) is 2.37. The number of pyridine rings is 1. The summed E-state index contributed by atoms with van der Waals surface area (Å²) in [7, 11) is 0. The Kier molecular flexibility index (Phi) is 3.89. The predicted octanol–water partition coefficient (Wildman–Crippen LogP) is 2.60. The SMILES string of the molecule is Cc1cc(CO)cc(OCc2ccccc2F)n1. The Morgan fingerprint density at radius 2 is 2.06 bits per heavy atom. The van der Waals surface area contributed by atoms with Crippen molar-refractivity contribution in [2.45, 2.75) is 20.1 Å². The highest BCUT2D eigenvalue weighted by Crippen LogP contribution is 2.15. The molecule has 0 saturated carbocycles. The van der Waals surface area contributed by atoms with Crippen LogP contribution in [0.4, 0.5) is 4.39 Å². The summed E-state index contributed by atoms with van der Waals surface area (Å²) >= 11 is 0. The number of ether oxygens (including phenoxy) is 1. The van der Waals surface area contributed by atoms with E-state index in [9.17, 15) is 4.39 Å². The van der Waals surface area contributed by atoms with Crippen LogP contribution in [0, 0.1) is 12.7 Å². The lowest BCUT2D eigenvalue weighted by Crippen LogP contribution is -2.01. The molecule has 1 aromatic carbocycles. The molecule has 2 aromatic rings. The van der Waals surface area contributed by atoms with Crippen LogP contribution in [-0.4, -0.2) is 10.1 Å². The molecule has 4 heteroatoms. The Morgan fingerprint density at radius 1 is 1.28 bits per heavy atom. The zero-order valence-corrected chi connectivity index (χ0v) is 10.1. The van der Waals surface area contributed by atoms with E-state index in [1.807, 2.05) is 6.92 Å². The molecule has 0 saturated heterocycles. The van der Waals surface area contributed by atoms with E-state index in [4.69, 9.17) is 9.84 Å². The molecule has 2 rings (SSSR count). The van der Waals surface area contributed by atoms with E-state index >= 15 is 0 Å².